The van der Waals surface area contributed by atoms with Crippen molar-refractivity contribution in [3.8, 4) is 0 Å². The van der Waals surface area contributed by atoms with Crippen LogP contribution in [0.15, 0.2) is 52.3 Å². The van der Waals surface area contributed by atoms with E-state index >= 15 is 0 Å². The van der Waals surface area contributed by atoms with Crippen molar-refractivity contribution in [1.82, 2.24) is 4.57 Å². The van der Waals surface area contributed by atoms with Crippen LogP contribution in [0.25, 0.3) is 6.08 Å². The second-order valence-electron chi connectivity index (χ2n) is 5.75. The Morgan fingerprint density at radius 3 is 2.50 bits per heavy atom. The average molecular weight is 425 g/mol. The van der Waals surface area contributed by atoms with Crippen molar-refractivity contribution in [2.75, 3.05) is 11.6 Å². The summed E-state index contributed by atoms with van der Waals surface area (Å²) in [6.45, 7) is 0.931. The minimum absolute atomic E-state index is 0.0848. The summed E-state index contributed by atoms with van der Waals surface area (Å²) in [7, 11) is 0. The lowest BCUT2D eigenvalue weighted by Gasteiger charge is -2.25. The molecule has 0 radical (unpaired) electrons. The first kappa shape index (κ1) is 17.6. The zero-order chi connectivity index (χ0) is 18.3. The second-order valence-corrected chi connectivity index (χ2v) is 8.04. The van der Waals surface area contributed by atoms with Gasteiger partial charge in [-0.05, 0) is 48.0 Å². The molecule has 3 aromatic rings. The van der Waals surface area contributed by atoms with E-state index in [0.717, 1.165) is 11.3 Å². The van der Waals surface area contributed by atoms with Gasteiger partial charge >= 0.3 is 0 Å². The van der Waals surface area contributed by atoms with Crippen molar-refractivity contribution in [2.45, 2.75) is 6.67 Å². The first-order chi connectivity index (χ1) is 12.5. The van der Waals surface area contributed by atoms with Crippen LogP contribution in [0.1, 0.15) is 5.56 Å². The number of anilines is 1. The van der Waals surface area contributed by atoms with Gasteiger partial charge in [0.1, 0.15) is 13.3 Å². The third-order valence-corrected chi connectivity index (χ3v) is 5.88. The number of hydrogen-bond acceptors (Lipinski definition) is 4. The molecule has 1 aliphatic heterocycles. The third-order valence-electron chi connectivity index (χ3n) is 4.02. The molecule has 4 rings (SSSR count). The zero-order valence-corrected chi connectivity index (χ0v) is 16.4. The molecule has 0 unspecified atom stereocenters. The van der Waals surface area contributed by atoms with Crippen LogP contribution in [-0.4, -0.2) is 11.2 Å². The Morgan fingerprint density at radius 2 is 1.77 bits per heavy atom. The third kappa shape index (κ3) is 3.40. The maximum Gasteiger partial charge on any atom is 0.271 e. The van der Waals surface area contributed by atoms with Gasteiger partial charge in [0.05, 0.1) is 4.53 Å². The van der Waals surface area contributed by atoms with Crippen molar-refractivity contribution < 1.29 is 0 Å². The number of fused-ring (bicyclic) bond motifs is 1. The van der Waals surface area contributed by atoms with Crippen LogP contribution in [-0.2, 0) is 6.67 Å². The van der Waals surface area contributed by atoms with E-state index in [1.807, 2.05) is 29.2 Å². The van der Waals surface area contributed by atoms with Crippen LogP contribution < -0.4 is 19.8 Å². The summed E-state index contributed by atoms with van der Waals surface area (Å²) in [5.74, 6) is 0. The molecule has 2 aromatic carbocycles. The maximum atomic E-state index is 12.8. The molecule has 1 aliphatic rings. The zero-order valence-electron chi connectivity index (χ0n) is 13.3. The van der Waals surface area contributed by atoms with E-state index in [2.05, 4.69) is 4.99 Å². The maximum absolute atomic E-state index is 12.8. The summed E-state index contributed by atoms with van der Waals surface area (Å²) < 4.78 is 2.25. The molecule has 0 saturated heterocycles. The van der Waals surface area contributed by atoms with Crippen LogP contribution in [0.3, 0.4) is 0 Å². The monoisotopic (exact) mass is 423 g/mol. The van der Waals surface area contributed by atoms with Crippen molar-refractivity contribution in [2.24, 2.45) is 4.99 Å². The molecule has 0 amide bonds. The van der Waals surface area contributed by atoms with Crippen molar-refractivity contribution in [1.29, 1.82) is 0 Å². The molecule has 0 aliphatic carbocycles. The fraction of sp³-hybridized carbons (Fsp3) is 0.111. The van der Waals surface area contributed by atoms with Crippen LogP contribution in [0, 0.1) is 0 Å². The van der Waals surface area contributed by atoms with E-state index in [0.29, 0.717) is 37.7 Å². The molecule has 0 N–H and O–H groups in total. The molecule has 132 valence electrons. The molecule has 0 fully saturated rings. The van der Waals surface area contributed by atoms with Crippen molar-refractivity contribution >= 4 is 57.9 Å². The van der Waals surface area contributed by atoms with Crippen molar-refractivity contribution in [3.05, 3.63) is 82.8 Å². The highest BCUT2D eigenvalue weighted by Gasteiger charge is 2.16. The lowest BCUT2D eigenvalue weighted by molar-refractivity contribution is 0.569. The summed E-state index contributed by atoms with van der Waals surface area (Å²) >= 11 is 19.4. The smallest absolute Gasteiger partial charge is 0.271 e. The first-order valence-corrected chi connectivity index (χ1v) is 9.68. The molecule has 1 aromatic heterocycles. The lowest BCUT2D eigenvalue weighted by atomic mass is 10.2. The highest BCUT2D eigenvalue weighted by atomic mass is 35.5. The molecule has 0 atom stereocenters. The fourth-order valence-corrected chi connectivity index (χ4v) is 4.23. The summed E-state index contributed by atoms with van der Waals surface area (Å²) in [5.41, 5.74) is 1.63. The lowest BCUT2D eigenvalue weighted by Crippen LogP contribution is -2.42. The Kier molecular flexibility index (Phi) is 4.80. The van der Waals surface area contributed by atoms with Gasteiger partial charge in [-0.3, -0.25) is 9.36 Å². The number of thiazole rings is 1. The van der Waals surface area contributed by atoms with Gasteiger partial charge in [0.15, 0.2) is 4.80 Å². The van der Waals surface area contributed by atoms with E-state index in [1.165, 1.54) is 11.3 Å². The van der Waals surface area contributed by atoms with Crippen LogP contribution in [0.4, 0.5) is 5.69 Å². The minimum atomic E-state index is -0.0848. The van der Waals surface area contributed by atoms with Crippen molar-refractivity contribution in [3.63, 3.8) is 0 Å². The first-order valence-electron chi connectivity index (χ1n) is 7.73. The van der Waals surface area contributed by atoms with Gasteiger partial charge in [0, 0.05) is 20.8 Å². The summed E-state index contributed by atoms with van der Waals surface area (Å²) in [6, 6.07) is 12.7. The molecule has 0 bridgehead atoms. The van der Waals surface area contributed by atoms with E-state index in [-0.39, 0.29) is 5.56 Å². The molecule has 26 heavy (non-hydrogen) atoms. The quantitative estimate of drug-likeness (QED) is 0.628. The van der Waals surface area contributed by atoms with Gasteiger partial charge < -0.3 is 4.90 Å². The average Bonchev–Trinajstić information content (AvgIpc) is 2.93. The van der Waals surface area contributed by atoms with E-state index in [9.17, 15) is 4.79 Å². The van der Waals surface area contributed by atoms with Crippen LogP contribution >= 0.6 is 46.1 Å². The van der Waals surface area contributed by atoms with E-state index in [4.69, 9.17) is 34.8 Å². The Hall–Kier alpha value is -1.79. The largest absolute Gasteiger partial charge is 0.334 e. The number of benzene rings is 2. The predicted octanol–water partition coefficient (Wildman–Crippen LogP) is 3.75. The Bertz CT molecular complexity index is 1150. The van der Waals surface area contributed by atoms with Gasteiger partial charge in [-0.15, -0.1) is 0 Å². The molecule has 4 nitrogen and oxygen atoms in total. The second kappa shape index (κ2) is 7.08. The van der Waals surface area contributed by atoms with E-state index < -0.39 is 0 Å². The Morgan fingerprint density at radius 1 is 1.04 bits per heavy atom. The number of halogens is 3. The standard InChI is InChI=1S/C18H12Cl3N3OS/c19-12-3-5-14(6-4-12)23-9-22-18-24(10-23)17(25)16(26-18)7-11-1-2-13(20)8-15(11)21/h1-8H,9-10H2/b16-7+. The molecular formula is C18H12Cl3N3OS. The highest BCUT2D eigenvalue weighted by Crippen LogP contribution is 2.21. The fourth-order valence-electron chi connectivity index (χ4n) is 2.69. The molecule has 8 heteroatoms. The normalized spacial score (nSPS) is 14.3. The molecule has 2 heterocycles. The molecular weight excluding hydrogens is 413 g/mol. The van der Waals surface area contributed by atoms with E-state index in [1.54, 1.807) is 28.8 Å². The topological polar surface area (TPSA) is 37.6 Å². The van der Waals surface area contributed by atoms with Gasteiger partial charge in [-0.25, -0.2) is 4.99 Å². The van der Waals surface area contributed by atoms with Gasteiger partial charge in [-0.2, -0.15) is 0 Å². The Balaban J connectivity index is 1.72. The molecule has 0 saturated carbocycles. The summed E-state index contributed by atoms with van der Waals surface area (Å²) in [4.78, 5) is 20.0. The number of aromatic nitrogens is 1. The number of hydrogen-bond donors (Lipinski definition) is 0. The SMILES string of the molecule is O=c1/c(=C\c2ccc(Cl)cc2Cl)sc2n1CN(c1ccc(Cl)cc1)CN=2. The number of rotatable bonds is 2. The van der Waals surface area contributed by atoms with Crippen LogP contribution in [0.2, 0.25) is 15.1 Å². The summed E-state index contributed by atoms with van der Waals surface area (Å²) in [6.07, 6.45) is 1.78. The number of nitrogens with zero attached hydrogens (tertiary/aromatic N) is 3. The predicted molar refractivity (Wildman–Crippen MR) is 108 cm³/mol. The van der Waals surface area contributed by atoms with Gasteiger partial charge in [0.25, 0.3) is 5.56 Å². The Labute approximate surface area is 168 Å². The highest BCUT2D eigenvalue weighted by molar-refractivity contribution is 7.07. The summed E-state index contributed by atoms with van der Waals surface area (Å²) in [5, 5.41) is 1.74. The molecule has 0 spiro atoms. The van der Waals surface area contributed by atoms with Gasteiger partial charge in [0.2, 0.25) is 0 Å². The van der Waals surface area contributed by atoms with Crippen LogP contribution in [0.5, 0.6) is 0 Å². The van der Waals surface area contributed by atoms with Gasteiger partial charge in [-0.1, -0.05) is 52.2 Å². The minimum Gasteiger partial charge on any atom is -0.334 e.